The lowest BCUT2D eigenvalue weighted by atomic mass is 10.2. The number of amides is 1. The molecule has 2 heterocycles. The Bertz CT molecular complexity index is 607. The molecule has 0 bridgehead atoms. The van der Waals surface area contributed by atoms with Crippen LogP contribution in [0.3, 0.4) is 0 Å². The van der Waals surface area contributed by atoms with Crippen LogP contribution in [0.15, 0.2) is 29.0 Å². The van der Waals surface area contributed by atoms with Gasteiger partial charge in [0.15, 0.2) is 5.69 Å². The van der Waals surface area contributed by atoms with Crippen molar-refractivity contribution in [1.29, 1.82) is 0 Å². The first-order valence-corrected chi connectivity index (χ1v) is 6.06. The normalized spacial score (nSPS) is 10.1. The second-order valence-electron chi connectivity index (χ2n) is 3.64. The molecule has 0 spiro atoms. The van der Waals surface area contributed by atoms with E-state index in [1.165, 1.54) is 23.5 Å². The molecule has 0 atom stereocenters. The summed E-state index contributed by atoms with van der Waals surface area (Å²) < 4.78 is 0. The maximum atomic E-state index is 11.9. The van der Waals surface area contributed by atoms with Gasteiger partial charge in [-0.25, -0.2) is 9.78 Å². The zero-order valence-electron chi connectivity index (χ0n) is 9.51. The number of nitrogens with zero attached hydrogens (tertiary/aromatic N) is 1. The number of hydrogen-bond donors (Lipinski definition) is 2. The summed E-state index contributed by atoms with van der Waals surface area (Å²) in [5, 5.41) is 15.0. The summed E-state index contributed by atoms with van der Waals surface area (Å²) >= 11 is 1.44. The lowest BCUT2D eigenvalue weighted by Gasteiger charge is -2.04. The van der Waals surface area contributed by atoms with E-state index in [1.54, 1.807) is 11.4 Å². The largest absolute Gasteiger partial charge is 0.477 e. The van der Waals surface area contributed by atoms with E-state index in [0.717, 1.165) is 5.56 Å². The van der Waals surface area contributed by atoms with Crippen LogP contribution in [0.2, 0.25) is 0 Å². The van der Waals surface area contributed by atoms with Gasteiger partial charge in [-0.05, 0) is 30.0 Å². The number of carboxylic acid groups (broad SMARTS) is 1. The van der Waals surface area contributed by atoms with Gasteiger partial charge in [-0.1, -0.05) is 6.07 Å². The van der Waals surface area contributed by atoms with Gasteiger partial charge in [-0.15, -0.1) is 0 Å². The van der Waals surface area contributed by atoms with Crippen LogP contribution in [0.25, 0.3) is 0 Å². The monoisotopic (exact) mass is 262 g/mol. The van der Waals surface area contributed by atoms with E-state index in [4.69, 9.17) is 5.11 Å². The molecule has 0 radical (unpaired) electrons. The van der Waals surface area contributed by atoms with Gasteiger partial charge >= 0.3 is 5.97 Å². The fourth-order valence-corrected chi connectivity index (χ4v) is 2.23. The molecular formula is C12H10N2O3S. The van der Waals surface area contributed by atoms with Crippen molar-refractivity contribution in [3.05, 3.63) is 45.8 Å². The Kier molecular flexibility index (Phi) is 3.38. The minimum Gasteiger partial charge on any atom is -0.477 e. The Balaban J connectivity index is 2.20. The molecule has 5 nitrogen and oxygen atoms in total. The first-order valence-electron chi connectivity index (χ1n) is 5.12. The number of aryl methyl sites for hydroxylation is 1. The molecule has 0 aromatic carbocycles. The lowest BCUT2D eigenvalue weighted by molar-refractivity contribution is 0.0690. The average Bonchev–Trinajstić information content (AvgIpc) is 2.76. The van der Waals surface area contributed by atoms with Gasteiger partial charge in [0.2, 0.25) is 0 Å². The van der Waals surface area contributed by atoms with Crippen molar-refractivity contribution in [2.45, 2.75) is 6.92 Å². The van der Waals surface area contributed by atoms with E-state index < -0.39 is 5.97 Å². The van der Waals surface area contributed by atoms with Crippen molar-refractivity contribution in [3.63, 3.8) is 0 Å². The van der Waals surface area contributed by atoms with Gasteiger partial charge < -0.3 is 10.4 Å². The number of thiophene rings is 1. The van der Waals surface area contributed by atoms with Gasteiger partial charge in [0.05, 0.1) is 5.56 Å². The summed E-state index contributed by atoms with van der Waals surface area (Å²) in [6.45, 7) is 1.84. The third kappa shape index (κ3) is 2.54. The van der Waals surface area contributed by atoms with Crippen molar-refractivity contribution < 1.29 is 14.7 Å². The number of aromatic nitrogens is 1. The Morgan fingerprint density at radius 3 is 2.72 bits per heavy atom. The number of rotatable bonds is 3. The zero-order valence-corrected chi connectivity index (χ0v) is 10.3. The number of anilines is 1. The van der Waals surface area contributed by atoms with Crippen LogP contribution < -0.4 is 5.32 Å². The minimum atomic E-state index is -1.13. The fraction of sp³-hybridized carbons (Fsp3) is 0.0833. The summed E-state index contributed by atoms with van der Waals surface area (Å²) in [6, 6.07) is 4.45. The number of hydrogen-bond acceptors (Lipinski definition) is 4. The van der Waals surface area contributed by atoms with Gasteiger partial charge in [0.1, 0.15) is 5.82 Å². The SMILES string of the molecule is Cc1cscc1C(=O)Nc1cccc(C(=O)O)n1. The number of nitrogens with one attached hydrogen (secondary N) is 1. The minimum absolute atomic E-state index is 0.102. The smallest absolute Gasteiger partial charge is 0.354 e. The molecule has 1 amide bonds. The van der Waals surface area contributed by atoms with Crippen LogP contribution in [-0.2, 0) is 0 Å². The highest BCUT2D eigenvalue weighted by Gasteiger charge is 2.12. The number of carbonyl (C=O) groups is 2. The maximum Gasteiger partial charge on any atom is 0.354 e. The van der Waals surface area contributed by atoms with E-state index in [9.17, 15) is 9.59 Å². The van der Waals surface area contributed by atoms with E-state index in [1.807, 2.05) is 12.3 Å². The molecule has 0 aliphatic rings. The molecule has 0 aliphatic heterocycles. The van der Waals surface area contributed by atoms with E-state index >= 15 is 0 Å². The van der Waals surface area contributed by atoms with Gasteiger partial charge in [0, 0.05) is 5.38 Å². The van der Waals surface area contributed by atoms with Crippen molar-refractivity contribution >= 4 is 29.0 Å². The molecule has 2 aromatic rings. The first kappa shape index (κ1) is 12.3. The Labute approximate surface area is 107 Å². The topological polar surface area (TPSA) is 79.3 Å². The van der Waals surface area contributed by atoms with E-state index in [0.29, 0.717) is 5.56 Å². The summed E-state index contributed by atoms with van der Waals surface area (Å²) in [5.74, 6) is -1.19. The highest BCUT2D eigenvalue weighted by atomic mass is 32.1. The summed E-state index contributed by atoms with van der Waals surface area (Å²) in [6.07, 6.45) is 0. The van der Waals surface area contributed by atoms with E-state index in [-0.39, 0.29) is 17.4 Å². The zero-order chi connectivity index (χ0) is 13.1. The van der Waals surface area contributed by atoms with Gasteiger partial charge in [0.25, 0.3) is 5.91 Å². The predicted octanol–water partition coefficient (Wildman–Crippen LogP) is 2.40. The summed E-state index contributed by atoms with van der Waals surface area (Å²) in [5.41, 5.74) is 1.35. The molecule has 0 saturated carbocycles. The lowest BCUT2D eigenvalue weighted by Crippen LogP contribution is -2.14. The number of aromatic carboxylic acids is 1. The number of carboxylic acids is 1. The molecule has 2 rings (SSSR count). The fourth-order valence-electron chi connectivity index (χ4n) is 1.40. The Morgan fingerprint density at radius 1 is 1.33 bits per heavy atom. The second-order valence-corrected chi connectivity index (χ2v) is 4.38. The molecule has 0 saturated heterocycles. The van der Waals surface area contributed by atoms with Crippen LogP contribution in [0.1, 0.15) is 26.4 Å². The number of carbonyl (C=O) groups excluding carboxylic acids is 1. The third-order valence-corrected chi connectivity index (χ3v) is 3.17. The van der Waals surface area contributed by atoms with Crippen molar-refractivity contribution in [3.8, 4) is 0 Å². The standard InChI is InChI=1S/C12H10N2O3S/c1-7-5-18-6-8(7)11(15)14-10-4-2-3-9(13-10)12(16)17/h2-6H,1H3,(H,16,17)(H,13,14,15). The Hall–Kier alpha value is -2.21. The molecule has 18 heavy (non-hydrogen) atoms. The van der Waals surface area contributed by atoms with Crippen LogP contribution in [-0.4, -0.2) is 22.0 Å². The first-order chi connectivity index (χ1) is 8.58. The Morgan fingerprint density at radius 2 is 2.11 bits per heavy atom. The van der Waals surface area contributed by atoms with Crippen LogP contribution in [0.5, 0.6) is 0 Å². The molecule has 0 aliphatic carbocycles. The molecule has 6 heteroatoms. The highest BCUT2D eigenvalue weighted by molar-refractivity contribution is 7.08. The van der Waals surface area contributed by atoms with E-state index in [2.05, 4.69) is 10.3 Å². The van der Waals surface area contributed by atoms with Crippen molar-refractivity contribution in [1.82, 2.24) is 4.98 Å². The number of pyridine rings is 1. The second kappa shape index (κ2) is 4.97. The summed E-state index contributed by atoms with van der Waals surface area (Å²) in [7, 11) is 0. The molecule has 0 fully saturated rings. The highest BCUT2D eigenvalue weighted by Crippen LogP contribution is 2.15. The van der Waals surface area contributed by atoms with Crippen molar-refractivity contribution in [2.75, 3.05) is 5.32 Å². The average molecular weight is 262 g/mol. The molecule has 0 unspecified atom stereocenters. The molecule has 2 aromatic heterocycles. The van der Waals surface area contributed by atoms with Crippen LogP contribution >= 0.6 is 11.3 Å². The van der Waals surface area contributed by atoms with Crippen molar-refractivity contribution in [2.24, 2.45) is 0 Å². The van der Waals surface area contributed by atoms with Gasteiger partial charge in [-0.3, -0.25) is 4.79 Å². The summed E-state index contributed by atoms with van der Waals surface area (Å²) in [4.78, 5) is 26.5. The van der Waals surface area contributed by atoms with Crippen LogP contribution in [0, 0.1) is 6.92 Å². The molecule has 2 N–H and O–H groups in total. The maximum absolute atomic E-state index is 11.9. The van der Waals surface area contributed by atoms with Crippen LogP contribution in [0.4, 0.5) is 5.82 Å². The predicted molar refractivity (Wildman–Crippen MR) is 68.2 cm³/mol. The third-order valence-electron chi connectivity index (χ3n) is 2.31. The quantitative estimate of drug-likeness (QED) is 0.890. The van der Waals surface area contributed by atoms with Gasteiger partial charge in [-0.2, -0.15) is 11.3 Å². The molecule has 92 valence electrons. The molecular weight excluding hydrogens is 252 g/mol.